The number of nitrogens with zero attached hydrogens (tertiary/aromatic N) is 2. The number of para-hydroxylation sites is 1. The molecule has 2 aromatic carbocycles. The minimum absolute atomic E-state index is 0.00294. The molecule has 4 heteroatoms. The van der Waals surface area contributed by atoms with E-state index in [9.17, 15) is 5.11 Å². The van der Waals surface area contributed by atoms with Gasteiger partial charge in [-0.25, -0.2) is 9.97 Å². The predicted octanol–water partition coefficient (Wildman–Crippen LogP) is 3.79. The summed E-state index contributed by atoms with van der Waals surface area (Å²) < 4.78 is 0. The third kappa shape index (κ3) is 3.32. The number of fused-ring (bicyclic) bond motifs is 1. The number of anilines is 1. The fourth-order valence-corrected chi connectivity index (χ4v) is 2.49. The van der Waals surface area contributed by atoms with Crippen molar-refractivity contribution in [2.75, 3.05) is 11.9 Å². The molecule has 3 rings (SSSR count). The van der Waals surface area contributed by atoms with Gasteiger partial charge in [-0.15, -0.1) is 0 Å². The SMILES string of the molecule is Cc1cccc(-c2nc(NC(C)(C)CO)nc3ccccc23)c1. The van der Waals surface area contributed by atoms with Crippen molar-refractivity contribution in [1.82, 2.24) is 9.97 Å². The Hall–Kier alpha value is -2.46. The van der Waals surface area contributed by atoms with Gasteiger partial charge in [-0.1, -0.05) is 42.0 Å². The van der Waals surface area contributed by atoms with Gasteiger partial charge < -0.3 is 10.4 Å². The molecule has 0 radical (unpaired) electrons. The zero-order valence-corrected chi connectivity index (χ0v) is 13.7. The number of aryl methyl sites for hydroxylation is 1. The van der Waals surface area contributed by atoms with Crippen molar-refractivity contribution in [3.8, 4) is 11.3 Å². The predicted molar refractivity (Wildman–Crippen MR) is 94.5 cm³/mol. The number of aliphatic hydroxyl groups is 1. The van der Waals surface area contributed by atoms with Crippen LogP contribution in [0.5, 0.6) is 0 Å². The van der Waals surface area contributed by atoms with Crippen molar-refractivity contribution in [2.45, 2.75) is 26.3 Å². The average Bonchev–Trinajstić information content (AvgIpc) is 2.54. The Morgan fingerprint density at radius 3 is 2.57 bits per heavy atom. The Kier molecular flexibility index (Phi) is 4.01. The van der Waals surface area contributed by atoms with Crippen molar-refractivity contribution in [1.29, 1.82) is 0 Å². The Morgan fingerprint density at radius 2 is 1.83 bits per heavy atom. The molecule has 0 amide bonds. The quantitative estimate of drug-likeness (QED) is 0.770. The summed E-state index contributed by atoms with van der Waals surface area (Å²) in [4.78, 5) is 9.30. The second-order valence-corrected chi connectivity index (χ2v) is 6.45. The zero-order chi connectivity index (χ0) is 16.4. The largest absolute Gasteiger partial charge is 0.394 e. The maximum Gasteiger partial charge on any atom is 0.224 e. The lowest BCUT2D eigenvalue weighted by Crippen LogP contribution is -2.35. The van der Waals surface area contributed by atoms with Crippen LogP contribution in [-0.2, 0) is 0 Å². The third-order valence-electron chi connectivity index (χ3n) is 3.74. The van der Waals surface area contributed by atoms with E-state index in [4.69, 9.17) is 4.98 Å². The van der Waals surface area contributed by atoms with Gasteiger partial charge in [0.2, 0.25) is 5.95 Å². The summed E-state index contributed by atoms with van der Waals surface area (Å²) in [5, 5.41) is 13.7. The van der Waals surface area contributed by atoms with E-state index in [-0.39, 0.29) is 6.61 Å². The van der Waals surface area contributed by atoms with E-state index in [0.29, 0.717) is 5.95 Å². The van der Waals surface area contributed by atoms with Gasteiger partial charge in [0, 0.05) is 10.9 Å². The molecule has 0 bridgehead atoms. The number of hydrogen-bond acceptors (Lipinski definition) is 4. The Balaban J connectivity index is 2.19. The molecule has 0 saturated carbocycles. The molecule has 0 unspecified atom stereocenters. The molecular weight excluding hydrogens is 286 g/mol. The Morgan fingerprint density at radius 1 is 1.04 bits per heavy atom. The van der Waals surface area contributed by atoms with Crippen molar-refractivity contribution in [3.05, 3.63) is 54.1 Å². The van der Waals surface area contributed by atoms with Crippen LogP contribution in [0.15, 0.2) is 48.5 Å². The minimum atomic E-state index is -0.480. The van der Waals surface area contributed by atoms with Gasteiger partial charge in [0.05, 0.1) is 23.4 Å². The monoisotopic (exact) mass is 307 g/mol. The van der Waals surface area contributed by atoms with Gasteiger partial charge >= 0.3 is 0 Å². The van der Waals surface area contributed by atoms with E-state index in [2.05, 4.69) is 35.4 Å². The van der Waals surface area contributed by atoms with Crippen LogP contribution in [0.3, 0.4) is 0 Å². The fourth-order valence-electron chi connectivity index (χ4n) is 2.49. The molecule has 0 spiro atoms. The first kappa shape index (κ1) is 15.4. The van der Waals surface area contributed by atoms with Gasteiger partial charge in [-0.3, -0.25) is 0 Å². The first-order valence-electron chi connectivity index (χ1n) is 7.71. The number of aromatic nitrogens is 2. The molecule has 0 aliphatic heterocycles. The summed E-state index contributed by atoms with van der Waals surface area (Å²) in [7, 11) is 0. The molecule has 23 heavy (non-hydrogen) atoms. The summed E-state index contributed by atoms with van der Waals surface area (Å²) in [6.07, 6.45) is 0. The molecule has 0 fully saturated rings. The molecule has 0 atom stereocenters. The molecule has 0 aliphatic rings. The highest BCUT2D eigenvalue weighted by molar-refractivity contribution is 5.93. The molecule has 2 N–H and O–H groups in total. The van der Waals surface area contributed by atoms with E-state index in [0.717, 1.165) is 22.2 Å². The topological polar surface area (TPSA) is 58.0 Å². The van der Waals surface area contributed by atoms with E-state index in [1.165, 1.54) is 5.56 Å². The summed E-state index contributed by atoms with van der Waals surface area (Å²) >= 11 is 0. The van der Waals surface area contributed by atoms with Gasteiger partial charge in [-0.2, -0.15) is 0 Å². The van der Waals surface area contributed by atoms with E-state index in [1.807, 2.05) is 44.2 Å². The van der Waals surface area contributed by atoms with Crippen LogP contribution in [0.1, 0.15) is 19.4 Å². The summed E-state index contributed by atoms with van der Waals surface area (Å²) in [6, 6.07) is 16.3. The summed E-state index contributed by atoms with van der Waals surface area (Å²) in [5.41, 5.74) is 3.56. The second kappa shape index (κ2) is 5.97. The first-order chi connectivity index (χ1) is 11.0. The van der Waals surface area contributed by atoms with Crippen LogP contribution in [0, 0.1) is 6.92 Å². The highest BCUT2D eigenvalue weighted by Crippen LogP contribution is 2.28. The van der Waals surface area contributed by atoms with Crippen molar-refractivity contribution in [3.63, 3.8) is 0 Å². The summed E-state index contributed by atoms with van der Waals surface area (Å²) in [6.45, 7) is 5.90. The lowest BCUT2D eigenvalue weighted by Gasteiger charge is -2.24. The maximum atomic E-state index is 9.47. The highest BCUT2D eigenvalue weighted by Gasteiger charge is 2.18. The molecule has 0 saturated heterocycles. The smallest absolute Gasteiger partial charge is 0.224 e. The van der Waals surface area contributed by atoms with Gasteiger partial charge in [0.25, 0.3) is 0 Å². The average molecular weight is 307 g/mol. The lowest BCUT2D eigenvalue weighted by molar-refractivity contribution is 0.233. The Labute approximate surface area is 136 Å². The van der Waals surface area contributed by atoms with Crippen LogP contribution in [-0.4, -0.2) is 27.2 Å². The van der Waals surface area contributed by atoms with Gasteiger partial charge in [-0.05, 0) is 32.9 Å². The summed E-state index contributed by atoms with van der Waals surface area (Å²) in [5.74, 6) is 0.527. The van der Waals surface area contributed by atoms with Crippen molar-refractivity contribution in [2.24, 2.45) is 0 Å². The number of nitrogens with one attached hydrogen (secondary N) is 1. The Bertz CT molecular complexity index is 843. The number of benzene rings is 2. The fraction of sp³-hybridized carbons (Fsp3) is 0.263. The first-order valence-corrected chi connectivity index (χ1v) is 7.71. The minimum Gasteiger partial charge on any atom is -0.394 e. The second-order valence-electron chi connectivity index (χ2n) is 6.45. The molecule has 3 aromatic rings. The molecule has 1 heterocycles. The standard InChI is InChI=1S/C19H21N3O/c1-13-7-6-8-14(11-13)17-15-9-4-5-10-16(15)20-18(21-17)22-19(2,3)12-23/h4-11,23H,12H2,1-3H3,(H,20,21,22). The molecular formula is C19H21N3O. The molecule has 4 nitrogen and oxygen atoms in total. The van der Waals surface area contributed by atoms with Crippen LogP contribution in [0.2, 0.25) is 0 Å². The molecule has 1 aromatic heterocycles. The third-order valence-corrected chi connectivity index (χ3v) is 3.74. The number of rotatable bonds is 4. The molecule has 118 valence electrons. The maximum absolute atomic E-state index is 9.47. The van der Waals surface area contributed by atoms with Gasteiger partial charge in [0.15, 0.2) is 0 Å². The highest BCUT2D eigenvalue weighted by atomic mass is 16.3. The van der Waals surface area contributed by atoms with E-state index in [1.54, 1.807) is 0 Å². The van der Waals surface area contributed by atoms with Crippen LogP contribution >= 0.6 is 0 Å². The lowest BCUT2D eigenvalue weighted by atomic mass is 10.0. The van der Waals surface area contributed by atoms with Gasteiger partial charge in [0.1, 0.15) is 0 Å². The number of aliphatic hydroxyl groups excluding tert-OH is 1. The normalized spacial score (nSPS) is 11.7. The van der Waals surface area contributed by atoms with Crippen molar-refractivity contribution < 1.29 is 5.11 Å². The van der Waals surface area contributed by atoms with Crippen LogP contribution in [0.4, 0.5) is 5.95 Å². The van der Waals surface area contributed by atoms with E-state index >= 15 is 0 Å². The van der Waals surface area contributed by atoms with Crippen LogP contribution in [0.25, 0.3) is 22.2 Å². The van der Waals surface area contributed by atoms with Crippen molar-refractivity contribution >= 4 is 16.9 Å². The zero-order valence-electron chi connectivity index (χ0n) is 13.7. The molecule has 0 aliphatic carbocycles. The number of hydrogen-bond donors (Lipinski definition) is 2. The van der Waals surface area contributed by atoms with Crippen LogP contribution < -0.4 is 5.32 Å². The van der Waals surface area contributed by atoms with E-state index < -0.39 is 5.54 Å².